The van der Waals surface area contributed by atoms with Crippen molar-refractivity contribution in [2.75, 3.05) is 13.7 Å². The number of terminal acetylenes is 1. The van der Waals surface area contributed by atoms with E-state index >= 15 is 0 Å². The highest BCUT2D eigenvalue weighted by Gasteiger charge is 2.25. The van der Waals surface area contributed by atoms with Gasteiger partial charge in [0, 0.05) is 13.2 Å². The minimum absolute atomic E-state index is 0.378. The average molecular weight is 153 g/mol. The summed E-state index contributed by atoms with van der Waals surface area (Å²) in [5.74, 6) is 2.57. The Morgan fingerprint density at radius 2 is 2.45 bits per heavy atom. The van der Waals surface area contributed by atoms with Crippen LogP contribution in [0.1, 0.15) is 19.3 Å². The third-order valence-corrected chi connectivity index (χ3v) is 2.22. The van der Waals surface area contributed by atoms with Gasteiger partial charge in [0.1, 0.15) is 0 Å². The van der Waals surface area contributed by atoms with Crippen LogP contribution in [0.2, 0.25) is 0 Å². The van der Waals surface area contributed by atoms with Crippen LogP contribution in [0.25, 0.3) is 0 Å². The molecule has 62 valence electrons. The van der Waals surface area contributed by atoms with E-state index < -0.39 is 0 Å². The Morgan fingerprint density at radius 1 is 1.64 bits per heavy atom. The smallest absolute Gasteiger partial charge is 0.0724 e. The molecule has 1 N–H and O–H groups in total. The molecule has 0 bridgehead atoms. The fourth-order valence-corrected chi connectivity index (χ4v) is 1.63. The van der Waals surface area contributed by atoms with Gasteiger partial charge in [-0.3, -0.25) is 0 Å². The summed E-state index contributed by atoms with van der Waals surface area (Å²) in [6, 6.07) is 0.482. The van der Waals surface area contributed by atoms with Crippen molar-refractivity contribution in [2.24, 2.45) is 0 Å². The van der Waals surface area contributed by atoms with E-state index in [1.165, 1.54) is 19.3 Å². The van der Waals surface area contributed by atoms with Crippen LogP contribution in [0.3, 0.4) is 0 Å². The van der Waals surface area contributed by atoms with Crippen LogP contribution < -0.4 is 5.32 Å². The van der Waals surface area contributed by atoms with Crippen LogP contribution >= 0.6 is 0 Å². The molecule has 0 aromatic carbocycles. The maximum Gasteiger partial charge on any atom is 0.0724 e. The van der Waals surface area contributed by atoms with Gasteiger partial charge >= 0.3 is 0 Å². The quantitative estimate of drug-likeness (QED) is 0.605. The van der Waals surface area contributed by atoms with Crippen molar-refractivity contribution in [1.82, 2.24) is 5.32 Å². The van der Waals surface area contributed by atoms with Gasteiger partial charge in [-0.15, -0.1) is 6.42 Å². The summed E-state index contributed by atoms with van der Waals surface area (Å²) in [5, 5.41) is 3.27. The van der Waals surface area contributed by atoms with E-state index in [9.17, 15) is 0 Å². The molecule has 2 heteroatoms. The highest BCUT2D eigenvalue weighted by Crippen LogP contribution is 2.20. The van der Waals surface area contributed by atoms with E-state index in [1.807, 2.05) is 0 Å². The zero-order valence-corrected chi connectivity index (χ0v) is 6.97. The summed E-state index contributed by atoms with van der Waals surface area (Å²) in [4.78, 5) is 0. The third kappa shape index (κ3) is 2.21. The molecular formula is C9H15NO. The van der Waals surface area contributed by atoms with E-state index in [4.69, 9.17) is 11.2 Å². The van der Waals surface area contributed by atoms with Crippen LogP contribution in [0.5, 0.6) is 0 Å². The van der Waals surface area contributed by atoms with Gasteiger partial charge in [0.25, 0.3) is 0 Å². The Balaban J connectivity index is 2.27. The Labute approximate surface area is 68.3 Å². The summed E-state index contributed by atoms with van der Waals surface area (Å²) >= 11 is 0. The zero-order valence-electron chi connectivity index (χ0n) is 6.97. The van der Waals surface area contributed by atoms with Crippen molar-refractivity contribution in [3.63, 3.8) is 0 Å². The van der Waals surface area contributed by atoms with Gasteiger partial charge < -0.3 is 10.1 Å². The van der Waals surface area contributed by atoms with E-state index in [1.54, 1.807) is 7.11 Å². The van der Waals surface area contributed by atoms with Crippen LogP contribution in [0.4, 0.5) is 0 Å². The molecule has 0 aliphatic heterocycles. The van der Waals surface area contributed by atoms with Crippen LogP contribution in [-0.2, 0) is 4.74 Å². The fraction of sp³-hybridized carbons (Fsp3) is 0.778. The first-order chi connectivity index (χ1) is 5.38. The predicted molar refractivity (Wildman–Crippen MR) is 45.3 cm³/mol. The molecule has 1 saturated carbocycles. The van der Waals surface area contributed by atoms with Crippen LogP contribution in [-0.4, -0.2) is 25.8 Å². The lowest BCUT2D eigenvalue weighted by atomic mass is 10.2. The van der Waals surface area contributed by atoms with Gasteiger partial charge in [-0.1, -0.05) is 5.92 Å². The monoisotopic (exact) mass is 153 g/mol. The first-order valence-corrected chi connectivity index (χ1v) is 4.08. The second kappa shape index (κ2) is 4.38. The molecule has 1 fully saturated rings. The normalized spacial score (nSPS) is 30.2. The van der Waals surface area contributed by atoms with Crippen LogP contribution in [0, 0.1) is 12.3 Å². The summed E-state index contributed by atoms with van der Waals surface area (Å²) in [6.45, 7) is 0.657. The van der Waals surface area contributed by atoms with Crippen LogP contribution in [0.15, 0.2) is 0 Å². The molecule has 1 aliphatic carbocycles. The number of hydrogen-bond donors (Lipinski definition) is 1. The highest BCUT2D eigenvalue weighted by atomic mass is 16.5. The van der Waals surface area contributed by atoms with Crippen molar-refractivity contribution >= 4 is 0 Å². The first kappa shape index (κ1) is 8.58. The molecule has 0 amide bonds. The third-order valence-electron chi connectivity index (χ3n) is 2.22. The van der Waals surface area contributed by atoms with Gasteiger partial charge in [0.15, 0.2) is 0 Å². The lowest BCUT2D eigenvalue weighted by molar-refractivity contribution is 0.0865. The molecule has 0 heterocycles. The second-order valence-corrected chi connectivity index (χ2v) is 2.90. The first-order valence-electron chi connectivity index (χ1n) is 4.08. The predicted octanol–water partition coefficient (Wildman–Crippen LogP) is 0.777. The van der Waals surface area contributed by atoms with Gasteiger partial charge in [-0.2, -0.15) is 0 Å². The molecule has 0 spiro atoms. The summed E-state index contributed by atoms with van der Waals surface area (Å²) < 4.78 is 5.29. The Bertz CT molecular complexity index is 150. The second-order valence-electron chi connectivity index (χ2n) is 2.90. The molecular weight excluding hydrogens is 138 g/mol. The summed E-state index contributed by atoms with van der Waals surface area (Å²) in [7, 11) is 1.76. The van der Waals surface area contributed by atoms with Gasteiger partial charge in [-0.25, -0.2) is 0 Å². The van der Waals surface area contributed by atoms with Crippen molar-refractivity contribution in [3.05, 3.63) is 0 Å². The molecule has 2 nitrogen and oxygen atoms in total. The Kier molecular flexibility index (Phi) is 3.41. The molecule has 1 aliphatic rings. The largest absolute Gasteiger partial charge is 0.380 e. The number of rotatable bonds is 3. The van der Waals surface area contributed by atoms with E-state index in [0.717, 1.165) is 0 Å². The molecule has 0 aromatic rings. The molecule has 0 radical (unpaired) electrons. The van der Waals surface area contributed by atoms with E-state index in [-0.39, 0.29) is 0 Å². The van der Waals surface area contributed by atoms with Crippen molar-refractivity contribution in [1.29, 1.82) is 0 Å². The molecule has 0 saturated heterocycles. The number of ether oxygens (including phenoxy) is 1. The lowest BCUT2D eigenvalue weighted by Crippen LogP contribution is -2.36. The minimum atomic E-state index is 0.378. The molecule has 0 aromatic heterocycles. The number of nitrogens with one attached hydrogen (secondary N) is 1. The zero-order chi connectivity index (χ0) is 8.10. The Hall–Kier alpha value is -0.520. The molecule has 11 heavy (non-hydrogen) atoms. The van der Waals surface area contributed by atoms with Gasteiger partial charge in [-0.05, 0) is 19.3 Å². The highest BCUT2D eigenvalue weighted by molar-refractivity contribution is 4.92. The summed E-state index contributed by atoms with van der Waals surface area (Å²) in [6.07, 6.45) is 9.13. The maximum atomic E-state index is 5.29. The SMILES string of the molecule is C#CCNC1CCCC1OC. The molecule has 2 unspecified atom stereocenters. The van der Waals surface area contributed by atoms with Crippen molar-refractivity contribution in [2.45, 2.75) is 31.4 Å². The fourth-order valence-electron chi connectivity index (χ4n) is 1.63. The molecule has 1 rings (SSSR count). The van der Waals surface area contributed by atoms with E-state index in [0.29, 0.717) is 18.7 Å². The summed E-state index contributed by atoms with van der Waals surface area (Å²) in [5.41, 5.74) is 0. The number of hydrogen-bond acceptors (Lipinski definition) is 2. The van der Waals surface area contributed by atoms with E-state index in [2.05, 4.69) is 11.2 Å². The standard InChI is InChI=1S/C9H15NO/c1-3-7-10-8-5-4-6-9(8)11-2/h1,8-10H,4-7H2,2H3. The van der Waals surface area contributed by atoms with Gasteiger partial charge in [0.2, 0.25) is 0 Å². The average Bonchev–Trinajstić information content (AvgIpc) is 2.47. The van der Waals surface area contributed by atoms with Crippen molar-refractivity contribution < 1.29 is 4.74 Å². The maximum absolute atomic E-state index is 5.29. The number of methoxy groups -OCH3 is 1. The minimum Gasteiger partial charge on any atom is -0.380 e. The van der Waals surface area contributed by atoms with Crippen molar-refractivity contribution in [3.8, 4) is 12.3 Å². The topological polar surface area (TPSA) is 21.3 Å². The lowest BCUT2D eigenvalue weighted by Gasteiger charge is -2.17. The molecule has 2 atom stereocenters. The van der Waals surface area contributed by atoms with Gasteiger partial charge in [0.05, 0.1) is 12.6 Å². The Morgan fingerprint density at radius 3 is 3.09 bits per heavy atom.